The number of para-hydroxylation sites is 2. The molecule has 0 bridgehead atoms. The molecule has 0 aromatic heterocycles. The standard InChI is InChI=1S/C6H6O2.Mn.Na/c7-5-3-1-2-4-6(5)8;;/h1-4,7-8H;;. The monoisotopic (exact) mass is 188 g/mol. The zero-order valence-electron chi connectivity index (χ0n) is 5.58. The summed E-state index contributed by atoms with van der Waals surface area (Å²) in [6.45, 7) is 0. The van der Waals surface area contributed by atoms with Crippen molar-refractivity contribution in [1.29, 1.82) is 0 Å². The average molecular weight is 188 g/mol. The van der Waals surface area contributed by atoms with Gasteiger partial charge in [-0.2, -0.15) is 0 Å². The fourth-order valence-electron chi connectivity index (χ4n) is 0.464. The van der Waals surface area contributed by atoms with E-state index in [4.69, 9.17) is 10.2 Å². The van der Waals surface area contributed by atoms with Crippen LogP contribution >= 0.6 is 0 Å². The molecule has 0 aliphatic carbocycles. The average Bonchev–Trinajstić information content (AvgIpc) is 1.77. The van der Waals surface area contributed by atoms with Gasteiger partial charge >= 0.3 is 0 Å². The molecule has 2 N–H and O–H groups in total. The van der Waals surface area contributed by atoms with E-state index in [0.717, 1.165) is 0 Å². The van der Waals surface area contributed by atoms with Crippen molar-refractivity contribution in [1.82, 2.24) is 0 Å². The second-order valence-electron chi connectivity index (χ2n) is 1.49. The topological polar surface area (TPSA) is 40.5 Å². The van der Waals surface area contributed by atoms with E-state index < -0.39 is 0 Å². The maximum absolute atomic E-state index is 8.67. The Kier molecular flexibility index (Phi) is 7.88. The van der Waals surface area contributed by atoms with Gasteiger partial charge in [-0.05, 0) is 12.1 Å². The third-order valence-electron chi connectivity index (χ3n) is 0.882. The molecule has 0 aliphatic heterocycles. The Bertz CT molecular complexity index is 172. The minimum Gasteiger partial charge on any atom is -0.504 e. The molecular weight excluding hydrogens is 182 g/mol. The van der Waals surface area contributed by atoms with E-state index in [1.54, 1.807) is 12.1 Å². The Balaban J connectivity index is 0. The van der Waals surface area contributed by atoms with E-state index in [1.807, 2.05) is 0 Å². The number of phenolic OH excluding ortho intramolecular Hbond substituents is 2. The minimum atomic E-state index is -0.0764. The smallest absolute Gasteiger partial charge is 0.157 e. The molecule has 0 saturated carbocycles. The Morgan fingerprint density at radius 2 is 1.20 bits per heavy atom. The fraction of sp³-hybridized carbons (Fsp3) is 0. The van der Waals surface area contributed by atoms with Gasteiger partial charge < -0.3 is 10.2 Å². The first kappa shape index (κ1) is 13.0. The van der Waals surface area contributed by atoms with E-state index in [2.05, 4.69) is 0 Å². The molecule has 2 radical (unpaired) electrons. The Morgan fingerprint density at radius 1 is 0.900 bits per heavy atom. The molecule has 50 valence electrons. The number of hydrogen-bond donors (Lipinski definition) is 2. The number of benzene rings is 1. The van der Waals surface area contributed by atoms with Gasteiger partial charge in [0.1, 0.15) is 0 Å². The molecule has 0 heterocycles. The van der Waals surface area contributed by atoms with Gasteiger partial charge in [-0.25, -0.2) is 0 Å². The summed E-state index contributed by atoms with van der Waals surface area (Å²) in [6, 6.07) is 6.15. The molecule has 0 aliphatic rings. The molecule has 4 heteroatoms. The van der Waals surface area contributed by atoms with Crippen molar-refractivity contribution in [3.63, 3.8) is 0 Å². The molecule has 0 atom stereocenters. The van der Waals surface area contributed by atoms with Crippen molar-refractivity contribution >= 4 is 29.6 Å². The molecule has 0 amide bonds. The molecule has 2 nitrogen and oxygen atoms in total. The first-order valence-electron chi connectivity index (χ1n) is 2.27. The summed E-state index contributed by atoms with van der Waals surface area (Å²) in [4.78, 5) is 0. The van der Waals surface area contributed by atoms with Gasteiger partial charge in [-0.3, -0.25) is 0 Å². The van der Waals surface area contributed by atoms with Gasteiger partial charge in [0.15, 0.2) is 11.5 Å². The van der Waals surface area contributed by atoms with Crippen LogP contribution in [0.2, 0.25) is 0 Å². The second kappa shape index (κ2) is 6.08. The van der Waals surface area contributed by atoms with Crippen LogP contribution in [0, 0.1) is 0 Å². The van der Waals surface area contributed by atoms with Gasteiger partial charge in [0.25, 0.3) is 0 Å². The van der Waals surface area contributed by atoms with Crippen LogP contribution in [0.15, 0.2) is 24.3 Å². The van der Waals surface area contributed by atoms with Crippen molar-refractivity contribution in [3.05, 3.63) is 24.3 Å². The van der Waals surface area contributed by atoms with Crippen LogP contribution < -0.4 is 0 Å². The number of phenols is 2. The number of rotatable bonds is 0. The quantitative estimate of drug-likeness (QED) is 0.465. The van der Waals surface area contributed by atoms with Gasteiger partial charge in [-0.15, -0.1) is 0 Å². The Labute approximate surface area is 92.0 Å². The summed E-state index contributed by atoms with van der Waals surface area (Å²) >= 11 is 0. The van der Waals surface area contributed by atoms with Crippen LogP contribution in [0.3, 0.4) is 0 Å². The fourth-order valence-corrected chi connectivity index (χ4v) is 0.464. The van der Waals surface area contributed by atoms with Gasteiger partial charge in [0.05, 0.1) is 0 Å². The summed E-state index contributed by atoms with van der Waals surface area (Å²) in [6.07, 6.45) is 0. The van der Waals surface area contributed by atoms with Crippen molar-refractivity contribution in [3.8, 4) is 11.5 Å². The summed E-state index contributed by atoms with van der Waals surface area (Å²) < 4.78 is 0. The summed E-state index contributed by atoms with van der Waals surface area (Å²) in [5, 5.41) is 17.3. The predicted molar refractivity (Wildman–Crippen MR) is 35.5 cm³/mol. The number of hydrogen-bond acceptors (Lipinski definition) is 2. The maximum atomic E-state index is 8.67. The molecule has 0 spiro atoms. The van der Waals surface area contributed by atoms with Crippen LogP contribution in [-0.2, 0) is 17.1 Å². The Hall–Kier alpha value is 0.339. The van der Waals surface area contributed by atoms with Crippen LogP contribution in [0.4, 0.5) is 0 Å². The van der Waals surface area contributed by atoms with Crippen LogP contribution in [0.1, 0.15) is 0 Å². The maximum Gasteiger partial charge on any atom is 0.157 e. The third-order valence-corrected chi connectivity index (χ3v) is 0.882. The van der Waals surface area contributed by atoms with Crippen molar-refractivity contribution in [2.75, 3.05) is 0 Å². The van der Waals surface area contributed by atoms with E-state index in [9.17, 15) is 0 Å². The van der Waals surface area contributed by atoms with Gasteiger partial charge in [-0.1, -0.05) is 12.1 Å². The molecular formula is C6H6MnNaO2. The summed E-state index contributed by atoms with van der Waals surface area (Å²) in [5.41, 5.74) is 0. The van der Waals surface area contributed by atoms with E-state index in [-0.39, 0.29) is 58.1 Å². The van der Waals surface area contributed by atoms with Gasteiger partial charge in [0.2, 0.25) is 0 Å². The third kappa shape index (κ3) is 3.49. The first-order chi connectivity index (χ1) is 3.80. The predicted octanol–water partition coefficient (Wildman–Crippen LogP) is 0.714. The molecule has 10 heavy (non-hydrogen) atoms. The van der Waals surface area contributed by atoms with Crippen molar-refractivity contribution < 1.29 is 27.3 Å². The van der Waals surface area contributed by atoms with Gasteiger partial charge in [0, 0.05) is 46.6 Å². The van der Waals surface area contributed by atoms with E-state index in [0.29, 0.717) is 0 Å². The normalized spacial score (nSPS) is 7.20. The zero-order valence-corrected chi connectivity index (χ0v) is 8.76. The van der Waals surface area contributed by atoms with Crippen LogP contribution in [0.25, 0.3) is 0 Å². The second-order valence-corrected chi connectivity index (χ2v) is 1.49. The molecule has 0 unspecified atom stereocenters. The molecule has 0 saturated heterocycles. The number of aromatic hydroxyl groups is 2. The Morgan fingerprint density at radius 3 is 1.40 bits per heavy atom. The molecule has 1 aromatic carbocycles. The van der Waals surface area contributed by atoms with Crippen molar-refractivity contribution in [2.45, 2.75) is 0 Å². The van der Waals surface area contributed by atoms with Crippen LogP contribution in [-0.4, -0.2) is 39.8 Å². The molecule has 0 fully saturated rings. The largest absolute Gasteiger partial charge is 0.504 e. The van der Waals surface area contributed by atoms with E-state index >= 15 is 0 Å². The van der Waals surface area contributed by atoms with Crippen molar-refractivity contribution in [2.24, 2.45) is 0 Å². The first-order valence-corrected chi connectivity index (χ1v) is 2.27. The SMILES string of the molecule is Oc1ccccc1O.[Mn].[Na]. The summed E-state index contributed by atoms with van der Waals surface area (Å²) in [5.74, 6) is -0.153. The zero-order chi connectivity index (χ0) is 5.98. The summed E-state index contributed by atoms with van der Waals surface area (Å²) in [7, 11) is 0. The van der Waals surface area contributed by atoms with E-state index in [1.165, 1.54) is 12.1 Å². The van der Waals surface area contributed by atoms with Crippen LogP contribution in [0.5, 0.6) is 11.5 Å². The minimum absolute atomic E-state index is 0. The molecule has 1 rings (SSSR count). The molecule has 1 aromatic rings.